The molecule has 168 valence electrons. The molecule has 0 aliphatic carbocycles. The summed E-state index contributed by atoms with van der Waals surface area (Å²) in [6.07, 6.45) is 0.366. The van der Waals surface area contributed by atoms with Gasteiger partial charge in [0.25, 0.3) is 5.91 Å². The molecule has 1 N–H and O–H groups in total. The second kappa shape index (κ2) is 10.7. The third kappa shape index (κ3) is 5.71. The van der Waals surface area contributed by atoms with Crippen LogP contribution in [0.15, 0.2) is 72.8 Å². The van der Waals surface area contributed by atoms with Gasteiger partial charge in [-0.25, -0.2) is 0 Å². The summed E-state index contributed by atoms with van der Waals surface area (Å²) in [6, 6.07) is 25.4. The highest BCUT2D eigenvalue weighted by Gasteiger charge is 2.19. The van der Waals surface area contributed by atoms with E-state index >= 15 is 0 Å². The molecule has 33 heavy (non-hydrogen) atoms. The van der Waals surface area contributed by atoms with E-state index in [9.17, 15) is 4.79 Å². The molecule has 0 aromatic heterocycles. The van der Waals surface area contributed by atoms with Crippen LogP contribution in [0.1, 0.15) is 21.5 Å². The first kappa shape index (κ1) is 22.4. The van der Waals surface area contributed by atoms with E-state index in [1.165, 1.54) is 5.56 Å². The topological polar surface area (TPSA) is 68.6 Å². The molecule has 3 aromatic rings. The number of nitrogens with zero attached hydrogens (tertiary/aromatic N) is 3. The maximum absolute atomic E-state index is 12.6. The lowest BCUT2D eigenvalue weighted by atomic mass is 10.1. The average Bonchev–Trinajstić information content (AvgIpc) is 2.86. The molecule has 4 rings (SSSR count). The van der Waals surface area contributed by atoms with Crippen molar-refractivity contribution in [1.29, 1.82) is 5.26 Å². The highest BCUT2D eigenvalue weighted by molar-refractivity contribution is 6.04. The van der Waals surface area contributed by atoms with E-state index in [0.717, 1.165) is 55.4 Å². The van der Waals surface area contributed by atoms with Gasteiger partial charge in [0.1, 0.15) is 5.75 Å². The monoisotopic (exact) mass is 440 g/mol. The smallest absolute Gasteiger partial charge is 0.255 e. The number of nitriles is 1. The van der Waals surface area contributed by atoms with Gasteiger partial charge in [0, 0.05) is 44.0 Å². The van der Waals surface area contributed by atoms with Crippen LogP contribution in [0.4, 0.5) is 11.4 Å². The standard InChI is InChI=1S/C27H28N4O2/c1-33-26-5-3-2-4-25(26)31-18-16-30(17-19-31)20-22-6-10-23(11-7-22)27(32)29-24-12-8-21(9-13-24)14-15-28/h2-13H,14,16-20H2,1H3,(H,29,32). The number of methoxy groups -OCH3 is 1. The summed E-state index contributed by atoms with van der Waals surface area (Å²) in [7, 11) is 1.71. The van der Waals surface area contributed by atoms with Crippen molar-refractivity contribution < 1.29 is 9.53 Å². The number of carbonyl (C=O) groups excluding carboxylic acids is 1. The Kier molecular flexibility index (Phi) is 7.23. The van der Waals surface area contributed by atoms with Gasteiger partial charge in [0.2, 0.25) is 0 Å². The number of rotatable bonds is 7. The zero-order valence-electron chi connectivity index (χ0n) is 18.8. The maximum Gasteiger partial charge on any atom is 0.255 e. The summed E-state index contributed by atoms with van der Waals surface area (Å²) in [5.74, 6) is 0.776. The Labute approximate surface area is 195 Å². The number of nitrogens with one attached hydrogen (secondary N) is 1. The van der Waals surface area contributed by atoms with Crippen LogP contribution < -0.4 is 15.0 Å². The number of hydrogen-bond donors (Lipinski definition) is 1. The van der Waals surface area contributed by atoms with Crippen LogP contribution in [-0.2, 0) is 13.0 Å². The van der Waals surface area contributed by atoms with Gasteiger partial charge in [-0.05, 0) is 47.5 Å². The molecule has 0 spiro atoms. The van der Waals surface area contributed by atoms with E-state index in [1.807, 2.05) is 66.7 Å². The summed E-state index contributed by atoms with van der Waals surface area (Å²) in [6.45, 7) is 4.72. The molecule has 0 atom stereocenters. The predicted molar refractivity (Wildman–Crippen MR) is 131 cm³/mol. The van der Waals surface area contributed by atoms with Crippen LogP contribution in [0, 0.1) is 11.3 Å². The molecule has 6 nitrogen and oxygen atoms in total. The van der Waals surface area contributed by atoms with E-state index < -0.39 is 0 Å². The van der Waals surface area contributed by atoms with Crippen LogP contribution in [0.3, 0.4) is 0 Å². The summed E-state index contributed by atoms with van der Waals surface area (Å²) < 4.78 is 5.50. The second-order valence-electron chi connectivity index (χ2n) is 8.12. The normalized spacial score (nSPS) is 13.9. The highest BCUT2D eigenvalue weighted by atomic mass is 16.5. The van der Waals surface area contributed by atoms with Crippen LogP contribution in [-0.4, -0.2) is 44.1 Å². The maximum atomic E-state index is 12.6. The number of para-hydroxylation sites is 2. The van der Waals surface area contributed by atoms with Gasteiger partial charge in [-0.15, -0.1) is 0 Å². The number of amides is 1. The lowest BCUT2D eigenvalue weighted by Crippen LogP contribution is -2.46. The minimum Gasteiger partial charge on any atom is -0.495 e. The number of ether oxygens (including phenoxy) is 1. The zero-order valence-corrected chi connectivity index (χ0v) is 18.8. The first-order chi connectivity index (χ1) is 16.2. The average molecular weight is 441 g/mol. The van der Waals surface area contributed by atoms with Crippen molar-refractivity contribution in [3.8, 4) is 11.8 Å². The molecule has 0 radical (unpaired) electrons. The molecule has 0 unspecified atom stereocenters. The molecule has 1 aliphatic heterocycles. The van der Waals surface area contributed by atoms with Gasteiger partial charge < -0.3 is 15.0 Å². The zero-order chi connectivity index (χ0) is 23.0. The van der Waals surface area contributed by atoms with Crippen molar-refractivity contribution >= 4 is 17.3 Å². The van der Waals surface area contributed by atoms with Crippen LogP contribution >= 0.6 is 0 Å². The largest absolute Gasteiger partial charge is 0.495 e. The second-order valence-corrected chi connectivity index (χ2v) is 8.12. The molecule has 1 amide bonds. The number of anilines is 2. The summed E-state index contributed by atoms with van der Waals surface area (Å²) in [5, 5.41) is 11.7. The molecule has 1 heterocycles. The molecule has 6 heteroatoms. The van der Waals surface area contributed by atoms with Crippen molar-refractivity contribution in [3.63, 3.8) is 0 Å². The molecule has 0 saturated carbocycles. The van der Waals surface area contributed by atoms with E-state index in [-0.39, 0.29) is 5.91 Å². The molecule has 0 bridgehead atoms. The predicted octanol–water partition coefficient (Wildman–Crippen LogP) is 4.34. The van der Waals surface area contributed by atoms with Gasteiger partial charge in [-0.2, -0.15) is 5.26 Å². The Morgan fingerprint density at radius 1 is 0.939 bits per heavy atom. The molecule has 1 aliphatic rings. The third-order valence-electron chi connectivity index (χ3n) is 5.92. The summed E-state index contributed by atoms with van der Waals surface area (Å²) in [4.78, 5) is 17.4. The highest BCUT2D eigenvalue weighted by Crippen LogP contribution is 2.28. The third-order valence-corrected chi connectivity index (χ3v) is 5.92. The van der Waals surface area contributed by atoms with Gasteiger partial charge in [0.05, 0.1) is 25.3 Å². The summed E-state index contributed by atoms with van der Waals surface area (Å²) in [5.41, 5.74) is 4.62. The van der Waals surface area contributed by atoms with Crippen molar-refractivity contribution in [1.82, 2.24) is 4.90 Å². The van der Waals surface area contributed by atoms with Crippen LogP contribution in [0.25, 0.3) is 0 Å². The fourth-order valence-electron chi connectivity index (χ4n) is 4.06. The van der Waals surface area contributed by atoms with Crippen molar-refractivity contribution in [2.24, 2.45) is 0 Å². The van der Waals surface area contributed by atoms with E-state index in [4.69, 9.17) is 10.00 Å². The Morgan fingerprint density at radius 2 is 1.61 bits per heavy atom. The number of piperazine rings is 1. The van der Waals surface area contributed by atoms with Crippen LogP contribution in [0.5, 0.6) is 5.75 Å². The number of carbonyl (C=O) groups is 1. The fraction of sp³-hybridized carbons (Fsp3) is 0.259. The van der Waals surface area contributed by atoms with E-state index in [2.05, 4.69) is 27.3 Å². The first-order valence-electron chi connectivity index (χ1n) is 11.1. The molecule has 1 saturated heterocycles. The van der Waals surface area contributed by atoms with Crippen LogP contribution in [0.2, 0.25) is 0 Å². The van der Waals surface area contributed by atoms with E-state index in [0.29, 0.717) is 12.0 Å². The lowest BCUT2D eigenvalue weighted by Gasteiger charge is -2.36. The lowest BCUT2D eigenvalue weighted by molar-refractivity contribution is 0.102. The summed E-state index contributed by atoms with van der Waals surface area (Å²) >= 11 is 0. The van der Waals surface area contributed by atoms with Gasteiger partial charge in [-0.3, -0.25) is 9.69 Å². The van der Waals surface area contributed by atoms with Crippen molar-refractivity contribution in [2.75, 3.05) is 43.5 Å². The fourth-order valence-corrected chi connectivity index (χ4v) is 4.06. The van der Waals surface area contributed by atoms with Gasteiger partial charge >= 0.3 is 0 Å². The Balaban J connectivity index is 1.29. The van der Waals surface area contributed by atoms with Gasteiger partial charge in [0.15, 0.2) is 0 Å². The molecule has 1 fully saturated rings. The SMILES string of the molecule is COc1ccccc1N1CCN(Cc2ccc(C(=O)Nc3ccc(CC#N)cc3)cc2)CC1. The Morgan fingerprint density at radius 3 is 2.27 bits per heavy atom. The minimum atomic E-state index is -0.139. The van der Waals surface area contributed by atoms with Crippen molar-refractivity contribution in [3.05, 3.63) is 89.5 Å². The van der Waals surface area contributed by atoms with E-state index in [1.54, 1.807) is 7.11 Å². The quantitative estimate of drug-likeness (QED) is 0.592. The van der Waals surface area contributed by atoms with Crippen molar-refractivity contribution in [2.45, 2.75) is 13.0 Å². The molecular formula is C27H28N4O2. The molecule has 3 aromatic carbocycles. The Hall–Kier alpha value is -3.82. The number of hydrogen-bond acceptors (Lipinski definition) is 5. The molecular weight excluding hydrogens is 412 g/mol. The Bertz CT molecular complexity index is 1110. The first-order valence-corrected chi connectivity index (χ1v) is 11.1. The van der Waals surface area contributed by atoms with Gasteiger partial charge in [-0.1, -0.05) is 36.4 Å². The number of benzene rings is 3. The minimum absolute atomic E-state index is 0.139.